The summed E-state index contributed by atoms with van der Waals surface area (Å²) in [4.78, 5) is 24.4. The predicted octanol–water partition coefficient (Wildman–Crippen LogP) is 4.88. The Morgan fingerprint density at radius 1 is 0.939 bits per heavy atom. The van der Waals surface area contributed by atoms with Crippen LogP contribution in [0.25, 0.3) is 0 Å². The Balaban J connectivity index is 1.48. The molecule has 3 aromatic rings. The van der Waals surface area contributed by atoms with Gasteiger partial charge in [0.2, 0.25) is 0 Å². The van der Waals surface area contributed by atoms with Crippen molar-refractivity contribution >= 4 is 29.7 Å². The van der Waals surface area contributed by atoms with Crippen molar-refractivity contribution in [2.75, 3.05) is 6.61 Å². The van der Waals surface area contributed by atoms with Crippen LogP contribution in [0.3, 0.4) is 0 Å². The highest BCUT2D eigenvalue weighted by Gasteiger charge is 2.14. The van der Waals surface area contributed by atoms with Crippen molar-refractivity contribution in [3.8, 4) is 17.2 Å². The molecule has 1 amide bonds. The molecule has 0 bridgehead atoms. The van der Waals surface area contributed by atoms with Gasteiger partial charge in [-0.25, -0.2) is 10.2 Å². The van der Waals surface area contributed by atoms with Gasteiger partial charge in [0, 0.05) is 5.02 Å². The smallest absolute Gasteiger partial charge is 0.343 e. The maximum Gasteiger partial charge on any atom is 0.343 e. The van der Waals surface area contributed by atoms with Crippen LogP contribution in [0.5, 0.6) is 17.2 Å². The molecule has 3 aromatic carbocycles. The van der Waals surface area contributed by atoms with Gasteiger partial charge in [0.05, 0.1) is 18.4 Å². The van der Waals surface area contributed by atoms with Gasteiger partial charge >= 0.3 is 5.97 Å². The summed E-state index contributed by atoms with van der Waals surface area (Å²) in [5.41, 5.74) is 3.56. The summed E-state index contributed by atoms with van der Waals surface area (Å²) < 4.78 is 16.3. The molecule has 0 aromatic heterocycles. The molecule has 170 valence electrons. The van der Waals surface area contributed by atoms with Gasteiger partial charge in [-0.15, -0.1) is 0 Å². The van der Waals surface area contributed by atoms with Gasteiger partial charge in [-0.3, -0.25) is 4.79 Å². The summed E-state index contributed by atoms with van der Waals surface area (Å²) in [7, 11) is 0. The molecule has 7 nitrogen and oxygen atoms in total. The van der Waals surface area contributed by atoms with Gasteiger partial charge < -0.3 is 14.2 Å². The van der Waals surface area contributed by atoms with E-state index in [4.69, 9.17) is 25.8 Å². The summed E-state index contributed by atoms with van der Waals surface area (Å²) in [5, 5.41) is 4.52. The lowest BCUT2D eigenvalue weighted by atomic mass is 10.2. The second-order valence-corrected chi connectivity index (χ2v) is 7.30. The van der Waals surface area contributed by atoms with Crippen molar-refractivity contribution in [1.82, 2.24) is 5.43 Å². The molecule has 3 rings (SSSR count). The standard InChI is InChI=1S/C25H23ClN2O5/c1-3-31-21-12-6-19(7-13-21)25(30)33-23-10-4-18(5-11-23)16-27-28-24(29)17(2)32-22-14-8-20(26)9-15-22/h4-17H,3H2,1-2H3,(H,28,29)/b27-16-/t17-/m0/s1. The number of nitrogens with one attached hydrogen (secondary N) is 1. The minimum atomic E-state index is -0.743. The van der Waals surface area contributed by atoms with Gasteiger partial charge in [-0.2, -0.15) is 5.10 Å². The molecule has 1 N–H and O–H groups in total. The number of esters is 1. The van der Waals surface area contributed by atoms with E-state index in [9.17, 15) is 9.59 Å². The van der Waals surface area contributed by atoms with Gasteiger partial charge in [0.25, 0.3) is 5.91 Å². The summed E-state index contributed by atoms with van der Waals surface area (Å²) in [6, 6.07) is 20.2. The van der Waals surface area contributed by atoms with Crippen LogP contribution >= 0.6 is 11.6 Å². The number of rotatable bonds is 9. The van der Waals surface area contributed by atoms with Gasteiger partial charge in [0.1, 0.15) is 17.2 Å². The highest BCUT2D eigenvalue weighted by atomic mass is 35.5. The number of hydrazone groups is 1. The van der Waals surface area contributed by atoms with E-state index in [1.165, 1.54) is 6.21 Å². The van der Waals surface area contributed by atoms with Crippen LogP contribution in [0.1, 0.15) is 29.8 Å². The predicted molar refractivity (Wildman–Crippen MR) is 126 cm³/mol. The average molecular weight is 467 g/mol. The van der Waals surface area contributed by atoms with Crippen molar-refractivity contribution < 1.29 is 23.8 Å². The third-order valence-electron chi connectivity index (χ3n) is 4.38. The van der Waals surface area contributed by atoms with Crippen LogP contribution in [-0.4, -0.2) is 30.8 Å². The van der Waals surface area contributed by atoms with E-state index in [-0.39, 0.29) is 0 Å². The third kappa shape index (κ3) is 7.36. The van der Waals surface area contributed by atoms with Crippen LogP contribution in [0.2, 0.25) is 5.02 Å². The van der Waals surface area contributed by atoms with Gasteiger partial charge in [-0.05, 0) is 92.2 Å². The number of halogens is 1. The lowest BCUT2D eigenvalue weighted by molar-refractivity contribution is -0.127. The molecular weight excluding hydrogens is 444 g/mol. The normalized spacial score (nSPS) is 11.6. The maximum atomic E-state index is 12.3. The van der Waals surface area contributed by atoms with Gasteiger partial charge in [-0.1, -0.05) is 11.6 Å². The monoisotopic (exact) mass is 466 g/mol. The molecule has 0 saturated carbocycles. The number of benzene rings is 3. The van der Waals surface area contributed by atoms with Crippen LogP contribution in [0.15, 0.2) is 77.9 Å². The molecule has 0 fully saturated rings. The Labute approximate surface area is 196 Å². The van der Waals surface area contributed by atoms with E-state index >= 15 is 0 Å². The number of carbonyl (C=O) groups is 2. The summed E-state index contributed by atoms with van der Waals surface area (Å²) in [5.74, 6) is 0.737. The zero-order chi connectivity index (χ0) is 23.6. The number of hydrogen-bond acceptors (Lipinski definition) is 6. The van der Waals surface area contributed by atoms with Crippen molar-refractivity contribution in [2.24, 2.45) is 5.10 Å². The zero-order valence-corrected chi connectivity index (χ0v) is 18.9. The molecule has 8 heteroatoms. The molecular formula is C25H23ClN2O5. The zero-order valence-electron chi connectivity index (χ0n) is 18.2. The lowest BCUT2D eigenvalue weighted by Crippen LogP contribution is -2.33. The SMILES string of the molecule is CCOc1ccc(C(=O)Oc2ccc(/C=N\NC(=O)[C@H](C)Oc3ccc(Cl)cc3)cc2)cc1. The highest BCUT2D eigenvalue weighted by Crippen LogP contribution is 2.18. The van der Waals surface area contributed by atoms with E-state index in [0.717, 1.165) is 0 Å². The second kappa shape index (κ2) is 11.7. The minimum absolute atomic E-state index is 0.389. The Kier molecular flexibility index (Phi) is 8.43. The third-order valence-corrected chi connectivity index (χ3v) is 4.63. The van der Waals surface area contributed by atoms with Gasteiger partial charge in [0.15, 0.2) is 6.10 Å². The molecule has 0 aliphatic carbocycles. The van der Waals surface area contributed by atoms with Crippen molar-refractivity contribution in [1.29, 1.82) is 0 Å². The fraction of sp³-hybridized carbons (Fsp3) is 0.160. The minimum Gasteiger partial charge on any atom is -0.494 e. The molecule has 0 saturated heterocycles. The summed E-state index contributed by atoms with van der Waals surface area (Å²) in [6.45, 7) is 4.06. The van der Waals surface area contributed by atoms with Crippen molar-refractivity contribution in [2.45, 2.75) is 20.0 Å². The van der Waals surface area contributed by atoms with Crippen LogP contribution in [0.4, 0.5) is 0 Å². The van der Waals surface area contributed by atoms with E-state index in [1.807, 2.05) is 6.92 Å². The molecule has 0 unspecified atom stereocenters. The Morgan fingerprint density at radius 2 is 1.55 bits per heavy atom. The number of carbonyl (C=O) groups excluding carboxylic acids is 2. The number of hydrogen-bond donors (Lipinski definition) is 1. The van der Waals surface area contributed by atoms with E-state index in [1.54, 1.807) is 79.7 Å². The highest BCUT2D eigenvalue weighted by molar-refractivity contribution is 6.30. The molecule has 0 aliphatic heterocycles. The van der Waals surface area contributed by atoms with Crippen LogP contribution < -0.4 is 19.6 Å². The second-order valence-electron chi connectivity index (χ2n) is 6.86. The Morgan fingerprint density at radius 3 is 2.18 bits per heavy atom. The van der Waals surface area contributed by atoms with E-state index < -0.39 is 18.0 Å². The average Bonchev–Trinajstić information content (AvgIpc) is 2.82. The Bertz CT molecular complexity index is 1100. The topological polar surface area (TPSA) is 86.2 Å². The summed E-state index contributed by atoms with van der Waals surface area (Å²) >= 11 is 5.83. The maximum absolute atomic E-state index is 12.3. The van der Waals surface area contributed by atoms with Crippen LogP contribution in [0, 0.1) is 0 Å². The molecule has 33 heavy (non-hydrogen) atoms. The molecule has 0 heterocycles. The first kappa shape index (κ1) is 23.8. The first-order valence-electron chi connectivity index (χ1n) is 10.2. The number of amides is 1. The quantitative estimate of drug-likeness (QED) is 0.210. The Hall–Kier alpha value is -3.84. The lowest BCUT2D eigenvalue weighted by Gasteiger charge is -2.12. The fourth-order valence-corrected chi connectivity index (χ4v) is 2.80. The molecule has 0 aliphatic rings. The van der Waals surface area contributed by atoms with Crippen LogP contribution in [-0.2, 0) is 4.79 Å². The number of ether oxygens (including phenoxy) is 3. The summed E-state index contributed by atoms with van der Waals surface area (Å²) in [6.07, 6.45) is 0.734. The fourth-order valence-electron chi connectivity index (χ4n) is 2.67. The number of nitrogens with zero attached hydrogens (tertiary/aromatic N) is 1. The first-order valence-corrected chi connectivity index (χ1v) is 10.6. The molecule has 0 radical (unpaired) electrons. The molecule has 1 atom stereocenters. The van der Waals surface area contributed by atoms with E-state index in [0.29, 0.717) is 40.0 Å². The van der Waals surface area contributed by atoms with E-state index in [2.05, 4.69) is 10.5 Å². The van der Waals surface area contributed by atoms with Crippen molar-refractivity contribution in [3.63, 3.8) is 0 Å². The first-order chi connectivity index (χ1) is 15.9. The molecule has 0 spiro atoms. The largest absolute Gasteiger partial charge is 0.494 e. The van der Waals surface area contributed by atoms with Crippen molar-refractivity contribution in [3.05, 3.63) is 88.9 Å².